The summed E-state index contributed by atoms with van der Waals surface area (Å²) in [6.45, 7) is 11.1. The van der Waals surface area contributed by atoms with Gasteiger partial charge in [-0.25, -0.2) is 4.68 Å². The van der Waals surface area contributed by atoms with E-state index in [0.29, 0.717) is 18.3 Å². The SMILES string of the molecule is CC(C)CN(CC(=O)Nc1cc(C(C)(C)C)nn1-c1ccccc1)C(=O)C1CCCC1. The molecule has 6 nitrogen and oxygen atoms in total. The van der Waals surface area contributed by atoms with Crippen molar-refractivity contribution in [2.45, 2.75) is 65.7 Å². The summed E-state index contributed by atoms with van der Waals surface area (Å²) in [7, 11) is 0. The lowest BCUT2D eigenvalue weighted by molar-refractivity contribution is -0.138. The van der Waals surface area contributed by atoms with E-state index in [1.807, 2.05) is 36.4 Å². The zero-order valence-corrected chi connectivity index (χ0v) is 19.5. The third kappa shape index (κ3) is 5.96. The molecule has 0 bridgehead atoms. The number of hydrogen-bond donors (Lipinski definition) is 1. The summed E-state index contributed by atoms with van der Waals surface area (Å²) >= 11 is 0. The van der Waals surface area contributed by atoms with Crippen LogP contribution < -0.4 is 5.32 Å². The fraction of sp³-hybridized carbons (Fsp3) is 0.560. The molecular formula is C25H36N4O2. The number of aromatic nitrogens is 2. The number of carbonyl (C=O) groups is 2. The quantitative estimate of drug-likeness (QED) is 0.695. The summed E-state index contributed by atoms with van der Waals surface area (Å²) in [6, 6.07) is 11.7. The molecule has 0 radical (unpaired) electrons. The first-order valence-corrected chi connectivity index (χ1v) is 11.4. The smallest absolute Gasteiger partial charge is 0.245 e. The molecule has 0 aliphatic heterocycles. The maximum Gasteiger partial charge on any atom is 0.245 e. The highest BCUT2D eigenvalue weighted by Gasteiger charge is 2.29. The summed E-state index contributed by atoms with van der Waals surface area (Å²) in [6.07, 6.45) is 4.07. The first-order chi connectivity index (χ1) is 14.6. The van der Waals surface area contributed by atoms with Gasteiger partial charge < -0.3 is 10.2 Å². The summed E-state index contributed by atoms with van der Waals surface area (Å²) in [5.74, 6) is 0.922. The monoisotopic (exact) mass is 424 g/mol. The number of hydrogen-bond acceptors (Lipinski definition) is 3. The number of anilines is 1. The van der Waals surface area contributed by atoms with Gasteiger partial charge in [0.05, 0.1) is 17.9 Å². The molecule has 2 aromatic rings. The van der Waals surface area contributed by atoms with Crippen molar-refractivity contribution >= 4 is 17.6 Å². The van der Waals surface area contributed by atoms with Crippen molar-refractivity contribution in [3.8, 4) is 5.69 Å². The Bertz CT molecular complexity index is 890. The van der Waals surface area contributed by atoms with Crippen LogP contribution >= 0.6 is 0 Å². The second kappa shape index (κ2) is 9.67. The van der Waals surface area contributed by atoms with E-state index < -0.39 is 0 Å². The van der Waals surface area contributed by atoms with Crippen LogP contribution in [0.15, 0.2) is 36.4 Å². The molecule has 1 N–H and O–H groups in total. The number of amides is 2. The Morgan fingerprint density at radius 3 is 2.39 bits per heavy atom. The van der Waals surface area contributed by atoms with Crippen molar-refractivity contribution in [3.05, 3.63) is 42.1 Å². The largest absolute Gasteiger partial charge is 0.333 e. The van der Waals surface area contributed by atoms with Crippen molar-refractivity contribution in [2.24, 2.45) is 11.8 Å². The number of rotatable bonds is 7. The molecule has 2 amide bonds. The summed E-state index contributed by atoms with van der Waals surface area (Å²) in [5.41, 5.74) is 1.63. The minimum atomic E-state index is -0.190. The van der Waals surface area contributed by atoms with Gasteiger partial charge in [-0.2, -0.15) is 5.10 Å². The highest BCUT2D eigenvalue weighted by Crippen LogP contribution is 2.28. The standard InChI is InChI=1S/C25H36N4O2/c1-18(2)16-28(24(31)19-11-9-10-12-19)17-23(30)26-22-15-21(25(3,4)5)27-29(22)20-13-7-6-8-14-20/h6-8,13-15,18-19H,9-12,16-17H2,1-5H3,(H,26,30). The Morgan fingerprint density at radius 2 is 1.81 bits per heavy atom. The van der Waals surface area contributed by atoms with Crippen LogP contribution in [0.2, 0.25) is 0 Å². The summed E-state index contributed by atoms with van der Waals surface area (Å²) in [5, 5.41) is 7.77. The topological polar surface area (TPSA) is 67.2 Å². The molecular weight excluding hydrogens is 388 g/mol. The normalized spacial score (nSPS) is 14.8. The first kappa shape index (κ1) is 23.0. The Morgan fingerprint density at radius 1 is 1.16 bits per heavy atom. The Balaban J connectivity index is 1.80. The van der Waals surface area contributed by atoms with Crippen molar-refractivity contribution in [1.82, 2.24) is 14.7 Å². The van der Waals surface area contributed by atoms with E-state index in [1.54, 1.807) is 9.58 Å². The van der Waals surface area contributed by atoms with Crippen LogP contribution in [0, 0.1) is 11.8 Å². The van der Waals surface area contributed by atoms with E-state index in [0.717, 1.165) is 37.1 Å². The average molecular weight is 425 g/mol. The number of nitrogens with zero attached hydrogens (tertiary/aromatic N) is 3. The molecule has 1 fully saturated rings. The van der Waals surface area contributed by atoms with Gasteiger partial charge in [-0.15, -0.1) is 0 Å². The van der Waals surface area contributed by atoms with Gasteiger partial charge >= 0.3 is 0 Å². The summed E-state index contributed by atoms with van der Waals surface area (Å²) in [4.78, 5) is 27.8. The molecule has 1 aromatic carbocycles. The van der Waals surface area contributed by atoms with Crippen LogP contribution in [-0.4, -0.2) is 39.6 Å². The van der Waals surface area contributed by atoms with Crippen molar-refractivity contribution in [3.63, 3.8) is 0 Å². The van der Waals surface area contributed by atoms with E-state index >= 15 is 0 Å². The molecule has 168 valence electrons. The fourth-order valence-corrected chi connectivity index (χ4v) is 4.06. The Kier molecular flexibility index (Phi) is 7.19. The van der Waals surface area contributed by atoms with Crippen LogP contribution in [0.4, 0.5) is 5.82 Å². The molecule has 3 rings (SSSR count). The Labute approximate surface area is 186 Å². The second-order valence-corrected chi connectivity index (χ2v) is 10.1. The maximum absolute atomic E-state index is 13.0. The predicted octanol–water partition coefficient (Wildman–Crippen LogP) is 4.78. The van der Waals surface area contributed by atoms with Crippen LogP contribution in [0.25, 0.3) is 5.69 Å². The zero-order valence-electron chi connectivity index (χ0n) is 19.5. The number of benzene rings is 1. The lowest BCUT2D eigenvalue weighted by Gasteiger charge is -2.26. The number of para-hydroxylation sites is 1. The van der Waals surface area contributed by atoms with Crippen molar-refractivity contribution in [2.75, 3.05) is 18.4 Å². The molecule has 1 heterocycles. The minimum Gasteiger partial charge on any atom is -0.333 e. The molecule has 1 aliphatic rings. The number of carbonyl (C=O) groups excluding carboxylic acids is 2. The van der Waals surface area contributed by atoms with Crippen molar-refractivity contribution < 1.29 is 9.59 Å². The molecule has 6 heteroatoms. The highest BCUT2D eigenvalue weighted by molar-refractivity contribution is 5.94. The molecule has 1 aromatic heterocycles. The molecule has 0 unspecified atom stereocenters. The fourth-order valence-electron chi connectivity index (χ4n) is 4.06. The molecule has 0 saturated heterocycles. The molecule has 31 heavy (non-hydrogen) atoms. The maximum atomic E-state index is 13.0. The third-order valence-corrected chi connectivity index (χ3v) is 5.68. The van der Waals surface area contributed by atoms with Gasteiger partial charge in [0.15, 0.2) is 0 Å². The van der Waals surface area contributed by atoms with Gasteiger partial charge in [-0.3, -0.25) is 9.59 Å². The summed E-state index contributed by atoms with van der Waals surface area (Å²) < 4.78 is 1.77. The molecule has 0 atom stereocenters. The van der Waals surface area contributed by atoms with Gasteiger partial charge in [-0.1, -0.05) is 65.7 Å². The highest BCUT2D eigenvalue weighted by atomic mass is 16.2. The minimum absolute atomic E-state index is 0.0638. The molecule has 1 saturated carbocycles. The second-order valence-electron chi connectivity index (χ2n) is 10.1. The van der Waals surface area contributed by atoms with E-state index in [2.05, 4.69) is 39.9 Å². The van der Waals surface area contributed by atoms with Crippen LogP contribution in [0.5, 0.6) is 0 Å². The lowest BCUT2D eigenvalue weighted by atomic mass is 9.92. The van der Waals surface area contributed by atoms with Crippen LogP contribution in [0.3, 0.4) is 0 Å². The molecule has 0 spiro atoms. The van der Waals surface area contributed by atoms with Gasteiger partial charge in [0.25, 0.3) is 0 Å². The third-order valence-electron chi connectivity index (χ3n) is 5.68. The van der Waals surface area contributed by atoms with E-state index in [4.69, 9.17) is 5.10 Å². The molecule has 1 aliphatic carbocycles. The van der Waals surface area contributed by atoms with Gasteiger partial charge in [0.2, 0.25) is 11.8 Å². The van der Waals surface area contributed by atoms with Crippen molar-refractivity contribution in [1.29, 1.82) is 0 Å². The Hall–Kier alpha value is -2.63. The van der Waals surface area contributed by atoms with Gasteiger partial charge in [0, 0.05) is 23.9 Å². The van der Waals surface area contributed by atoms with E-state index in [9.17, 15) is 9.59 Å². The van der Waals surface area contributed by atoms with E-state index in [-0.39, 0.29) is 29.7 Å². The lowest BCUT2D eigenvalue weighted by Crippen LogP contribution is -2.42. The average Bonchev–Trinajstić information content (AvgIpc) is 3.37. The first-order valence-electron chi connectivity index (χ1n) is 11.4. The van der Waals surface area contributed by atoms with Crippen LogP contribution in [0.1, 0.15) is 66.0 Å². The van der Waals surface area contributed by atoms with Crippen LogP contribution in [-0.2, 0) is 15.0 Å². The predicted molar refractivity (Wildman–Crippen MR) is 124 cm³/mol. The number of nitrogens with one attached hydrogen (secondary N) is 1. The van der Waals surface area contributed by atoms with Gasteiger partial charge in [-0.05, 0) is 30.9 Å². The zero-order chi connectivity index (χ0) is 22.6. The van der Waals surface area contributed by atoms with Gasteiger partial charge in [0.1, 0.15) is 5.82 Å². The van der Waals surface area contributed by atoms with E-state index in [1.165, 1.54) is 0 Å².